The van der Waals surface area contributed by atoms with Crippen LogP contribution in [0.5, 0.6) is 0 Å². The van der Waals surface area contributed by atoms with Crippen LogP contribution in [0.15, 0.2) is 34.9 Å². The van der Waals surface area contributed by atoms with Crippen LogP contribution in [-0.2, 0) is 0 Å². The normalized spacial score (nSPS) is 14.1. The molecule has 0 amide bonds. The van der Waals surface area contributed by atoms with E-state index in [1.54, 1.807) is 6.26 Å². The van der Waals surface area contributed by atoms with Crippen LogP contribution in [0.25, 0.3) is 11.0 Å². The molecular weight excluding hydrogens is 214 g/mol. The number of hydrogen-bond acceptors (Lipinski definition) is 3. The molecule has 3 heteroatoms. The molecular formula is C14H19NO2. The Morgan fingerprint density at radius 1 is 1.35 bits per heavy atom. The van der Waals surface area contributed by atoms with E-state index in [9.17, 15) is 5.11 Å². The van der Waals surface area contributed by atoms with Crippen molar-refractivity contribution < 1.29 is 9.52 Å². The van der Waals surface area contributed by atoms with Gasteiger partial charge in [0.25, 0.3) is 0 Å². The minimum atomic E-state index is -0.380. The van der Waals surface area contributed by atoms with Crippen molar-refractivity contribution in [3.8, 4) is 0 Å². The summed E-state index contributed by atoms with van der Waals surface area (Å²) in [5.74, 6) is 0.0937. The van der Waals surface area contributed by atoms with Crippen molar-refractivity contribution in [3.05, 3.63) is 36.1 Å². The summed E-state index contributed by atoms with van der Waals surface area (Å²) in [4.78, 5) is 0. The zero-order valence-electron chi connectivity index (χ0n) is 10.3. The molecule has 2 rings (SSSR count). The van der Waals surface area contributed by atoms with Gasteiger partial charge in [-0.1, -0.05) is 18.2 Å². The van der Waals surface area contributed by atoms with Gasteiger partial charge in [-0.2, -0.15) is 0 Å². The first kappa shape index (κ1) is 12.1. The number of rotatable bonds is 4. The maximum absolute atomic E-state index is 9.18. The van der Waals surface area contributed by atoms with E-state index in [1.807, 2.05) is 38.1 Å². The third kappa shape index (κ3) is 2.35. The number of aliphatic hydroxyl groups is 1. The highest BCUT2D eigenvalue weighted by atomic mass is 16.3. The lowest BCUT2D eigenvalue weighted by molar-refractivity contribution is 0.250. The van der Waals surface area contributed by atoms with E-state index in [1.165, 1.54) is 0 Å². The average molecular weight is 233 g/mol. The van der Waals surface area contributed by atoms with Crippen LogP contribution < -0.4 is 5.73 Å². The fraction of sp³-hybridized carbons (Fsp3) is 0.429. The van der Waals surface area contributed by atoms with E-state index >= 15 is 0 Å². The maximum Gasteiger partial charge on any atom is 0.134 e. The molecule has 0 saturated heterocycles. The predicted octanol–water partition coefficient (Wildman–Crippen LogP) is 2.64. The fourth-order valence-electron chi connectivity index (χ4n) is 2.33. The van der Waals surface area contributed by atoms with Crippen molar-refractivity contribution in [3.63, 3.8) is 0 Å². The minimum absolute atomic E-state index is 0.0937. The third-order valence-corrected chi connectivity index (χ3v) is 3.20. The maximum atomic E-state index is 9.18. The number of nitrogens with two attached hydrogens (primary N) is 1. The molecule has 17 heavy (non-hydrogen) atoms. The van der Waals surface area contributed by atoms with Gasteiger partial charge < -0.3 is 15.3 Å². The molecule has 0 saturated carbocycles. The van der Waals surface area contributed by atoms with Crippen LogP contribution in [0.2, 0.25) is 0 Å². The molecule has 3 N–H and O–H groups in total. The van der Waals surface area contributed by atoms with Crippen molar-refractivity contribution >= 4 is 11.0 Å². The second-order valence-corrected chi connectivity index (χ2v) is 5.07. The van der Waals surface area contributed by atoms with Crippen LogP contribution in [-0.4, -0.2) is 17.3 Å². The molecule has 1 aromatic carbocycles. The Morgan fingerprint density at radius 2 is 2.06 bits per heavy atom. The summed E-state index contributed by atoms with van der Waals surface area (Å²) in [5, 5.41) is 10.3. The van der Waals surface area contributed by atoms with E-state index in [-0.39, 0.29) is 18.1 Å². The molecule has 0 aliphatic carbocycles. The van der Waals surface area contributed by atoms with Gasteiger partial charge in [0.15, 0.2) is 0 Å². The van der Waals surface area contributed by atoms with E-state index in [2.05, 4.69) is 0 Å². The van der Waals surface area contributed by atoms with E-state index < -0.39 is 0 Å². The minimum Gasteiger partial charge on any atom is -0.464 e. The van der Waals surface area contributed by atoms with Crippen molar-refractivity contribution in [2.24, 2.45) is 5.73 Å². The van der Waals surface area contributed by atoms with Crippen LogP contribution in [0.4, 0.5) is 0 Å². The molecule has 0 aliphatic heterocycles. The zero-order chi connectivity index (χ0) is 12.5. The number of benzene rings is 1. The number of para-hydroxylation sites is 1. The van der Waals surface area contributed by atoms with Crippen LogP contribution in [0.3, 0.4) is 0 Å². The Labute approximate surface area is 101 Å². The molecule has 1 atom stereocenters. The average Bonchev–Trinajstić information content (AvgIpc) is 2.68. The first-order valence-corrected chi connectivity index (χ1v) is 5.90. The van der Waals surface area contributed by atoms with Gasteiger partial charge in [-0.05, 0) is 26.3 Å². The summed E-state index contributed by atoms with van der Waals surface area (Å²) in [6.07, 6.45) is 2.41. The summed E-state index contributed by atoms with van der Waals surface area (Å²) in [6, 6.07) is 7.91. The summed E-state index contributed by atoms with van der Waals surface area (Å²) in [5.41, 5.74) is 7.77. The molecule has 1 aromatic heterocycles. The van der Waals surface area contributed by atoms with Gasteiger partial charge in [0.1, 0.15) is 5.58 Å². The Hall–Kier alpha value is -1.32. The molecule has 92 valence electrons. The molecule has 2 aromatic rings. The third-order valence-electron chi connectivity index (χ3n) is 3.20. The first-order valence-electron chi connectivity index (χ1n) is 5.90. The fourth-order valence-corrected chi connectivity index (χ4v) is 2.33. The number of hydrogen-bond donors (Lipinski definition) is 2. The van der Waals surface area contributed by atoms with Gasteiger partial charge in [0, 0.05) is 29.0 Å². The molecule has 0 radical (unpaired) electrons. The molecule has 0 fully saturated rings. The Balaban J connectivity index is 2.49. The second kappa shape index (κ2) is 4.51. The highest BCUT2D eigenvalue weighted by molar-refractivity contribution is 5.81. The van der Waals surface area contributed by atoms with E-state index in [4.69, 9.17) is 10.2 Å². The van der Waals surface area contributed by atoms with Crippen LogP contribution in [0, 0.1) is 0 Å². The lowest BCUT2D eigenvalue weighted by Gasteiger charge is -2.29. The molecule has 1 heterocycles. The summed E-state index contributed by atoms with van der Waals surface area (Å²) in [7, 11) is 0. The SMILES string of the molecule is CC(C)(N)C(CCO)c1coc2ccccc12. The van der Waals surface area contributed by atoms with Crippen molar-refractivity contribution in [2.45, 2.75) is 31.7 Å². The summed E-state index contributed by atoms with van der Waals surface area (Å²) >= 11 is 0. The van der Waals surface area contributed by atoms with Crippen LogP contribution >= 0.6 is 0 Å². The van der Waals surface area contributed by atoms with Gasteiger partial charge in [-0.25, -0.2) is 0 Å². The van der Waals surface area contributed by atoms with Crippen LogP contribution in [0.1, 0.15) is 31.7 Å². The summed E-state index contributed by atoms with van der Waals surface area (Å²) < 4.78 is 5.53. The molecule has 3 nitrogen and oxygen atoms in total. The Kier molecular flexibility index (Phi) is 3.22. The molecule has 0 aliphatic rings. The molecule has 0 bridgehead atoms. The lowest BCUT2D eigenvalue weighted by Crippen LogP contribution is -2.39. The predicted molar refractivity (Wildman–Crippen MR) is 68.9 cm³/mol. The number of aliphatic hydroxyl groups excluding tert-OH is 1. The zero-order valence-corrected chi connectivity index (χ0v) is 10.3. The summed E-state index contributed by atoms with van der Waals surface area (Å²) in [6.45, 7) is 4.09. The molecule has 0 spiro atoms. The first-order chi connectivity index (χ1) is 8.04. The van der Waals surface area contributed by atoms with Gasteiger partial charge in [0.2, 0.25) is 0 Å². The smallest absolute Gasteiger partial charge is 0.134 e. The van der Waals surface area contributed by atoms with Gasteiger partial charge in [-0.3, -0.25) is 0 Å². The largest absolute Gasteiger partial charge is 0.464 e. The highest BCUT2D eigenvalue weighted by Crippen LogP contribution is 2.35. The van der Waals surface area contributed by atoms with Crippen molar-refractivity contribution in [1.29, 1.82) is 0 Å². The monoisotopic (exact) mass is 233 g/mol. The van der Waals surface area contributed by atoms with Crippen molar-refractivity contribution in [2.75, 3.05) is 6.61 Å². The van der Waals surface area contributed by atoms with E-state index in [0.29, 0.717) is 6.42 Å². The second-order valence-electron chi connectivity index (χ2n) is 5.07. The highest BCUT2D eigenvalue weighted by Gasteiger charge is 2.28. The number of fused-ring (bicyclic) bond motifs is 1. The quantitative estimate of drug-likeness (QED) is 0.853. The molecule has 1 unspecified atom stereocenters. The Morgan fingerprint density at radius 3 is 2.71 bits per heavy atom. The van der Waals surface area contributed by atoms with Crippen molar-refractivity contribution in [1.82, 2.24) is 0 Å². The van der Waals surface area contributed by atoms with Gasteiger partial charge in [-0.15, -0.1) is 0 Å². The van der Waals surface area contributed by atoms with E-state index in [0.717, 1.165) is 16.5 Å². The Bertz CT molecular complexity index is 496. The lowest BCUT2D eigenvalue weighted by atomic mass is 9.80. The number of furan rings is 1. The van der Waals surface area contributed by atoms with Gasteiger partial charge in [0.05, 0.1) is 6.26 Å². The standard InChI is InChI=1S/C14H19NO2/c1-14(2,15)12(7-8-16)11-9-17-13-6-4-3-5-10(11)13/h3-6,9,12,16H,7-8,15H2,1-2H3. The van der Waals surface area contributed by atoms with Gasteiger partial charge >= 0.3 is 0 Å². The topological polar surface area (TPSA) is 59.4 Å².